The van der Waals surface area contributed by atoms with Gasteiger partial charge in [0.05, 0.1) is 18.2 Å². The molecule has 3 rings (SSSR count). The van der Waals surface area contributed by atoms with Gasteiger partial charge in [-0.25, -0.2) is 0 Å². The fourth-order valence-corrected chi connectivity index (χ4v) is 2.89. The maximum atomic E-state index is 11.5. The number of H-pyrrole nitrogens is 1. The number of hydrogen-bond donors (Lipinski definition) is 5. The van der Waals surface area contributed by atoms with Crippen molar-refractivity contribution in [3.05, 3.63) is 70.0 Å². The third-order valence-corrected chi connectivity index (χ3v) is 4.21. The number of phenols is 2. The van der Waals surface area contributed by atoms with Crippen molar-refractivity contribution in [2.24, 2.45) is 0 Å². The minimum Gasteiger partial charge on any atom is -0.508 e. The van der Waals surface area contributed by atoms with Crippen LogP contribution in [-0.2, 0) is 6.42 Å². The Morgan fingerprint density at radius 1 is 1.00 bits per heavy atom. The SMILES string of the molecule is O=c1ccc2c([C@H](CO)NCCc3ccc(O)cc3)ccc(O)c2[nH]1. The second-order valence-corrected chi connectivity index (χ2v) is 5.89. The van der Waals surface area contributed by atoms with Crippen LogP contribution in [-0.4, -0.2) is 33.5 Å². The van der Waals surface area contributed by atoms with Gasteiger partial charge in [0.2, 0.25) is 5.56 Å². The molecule has 130 valence electrons. The van der Waals surface area contributed by atoms with Gasteiger partial charge in [-0.2, -0.15) is 0 Å². The number of nitrogens with one attached hydrogen (secondary N) is 2. The third kappa shape index (κ3) is 3.81. The van der Waals surface area contributed by atoms with Gasteiger partial charge in [0.1, 0.15) is 11.5 Å². The van der Waals surface area contributed by atoms with Gasteiger partial charge in [-0.05, 0) is 48.4 Å². The molecule has 25 heavy (non-hydrogen) atoms. The average Bonchev–Trinajstić information content (AvgIpc) is 2.62. The van der Waals surface area contributed by atoms with E-state index in [1.165, 1.54) is 12.1 Å². The molecule has 0 amide bonds. The van der Waals surface area contributed by atoms with Crippen LogP contribution >= 0.6 is 0 Å². The Balaban J connectivity index is 1.79. The summed E-state index contributed by atoms with van der Waals surface area (Å²) in [5.74, 6) is 0.228. The number of aliphatic hydroxyl groups excluding tert-OH is 1. The number of benzene rings is 2. The van der Waals surface area contributed by atoms with E-state index in [1.807, 2.05) is 12.1 Å². The molecule has 1 aromatic heterocycles. The van der Waals surface area contributed by atoms with Crippen LogP contribution in [0.15, 0.2) is 53.3 Å². The molecule has 0 aliphatic rings. The van der Waals surface area contributed by atoms with Gasteiger partial charge in [-0.15, -0.1) is 0 Å². The number of aromatic hydroxyl groups is 2. The Hall–Kier alpha value is -2.83. The van der Waals surface area contributed by atoms with Gasteiger partial charge < -0.3 is 25.6 Å². The van der Waals surface area contributed by atoms with E-state index in [0.29, 0.717) is 17.4 Å². The summed E-state index contributed by atoms with van der Waals surface area (Å²) in [6.45, 7) is 0.510. The Morgan fingerprint density at radius 2 is 1.76 bits per heavy atom. The molecule has 0 aliphatic carbocycles. The number of pyridine rings is 1. The van der Waals surface area contributed by atoms with Gasteiger partial charge in [-0.1, -0.05) is 18.2 Å². The Bertz CT molecular complexity index is 919. The molecule has 6 heteroatoms. The van der Waals surface area contributed by atoms with E-state index in [1.54, 1.807) is 24.3 Å². The average molecular weight is 340 g/mol. The molecule has 5 N–H and O–H groups in total. The minimum absolute atomic E-state index is 0.00256. The molecule has 0 saturated heterocycles. The zero-order chi connectivity index (χ0) is 17.8. The summed E-state index contributed by atoms with van der Waals surface area (Å²) in [5, 5.41) is 33.0. The zero-order valence-corrected chi connectivity index (χ0v) is 13.6. The number of aliphatic hydroxyl groups is 1. The number of rotatable bonds is 6. The minimum atomic E-state index is -0.328. The lowest BCUT2D eigenvalue weighted by Crippen LogP contribution is -2.26. The molecule has 0 fully saturated rings. The van der Waals surface area contributed by atoms with Crippen molar-refractivity contribution in [3.8, 4) is 11.5 Å². The summed E-state index contributed by atoms with van der Waals surface area (Å²) < 4.78 is 0. The van der Waals surface area contributed by atoms with Gasteiger partial charge in [0, 0.05) is 11.5 Å². The van der Waals surface area contributed by atoms with Crippen molar-refractivity contribution in [1.29, 1.82) is 0 Å². The fourth-order valence-electron chi connectivity index (χ4n) is 2.89. The fraction of sp³-hybridized carbons (Fsp3) is 0.211. The van der Waals surface area contributed by atoms with Gasteiger partial charge in [-0.3, -0.25) is 4.79 Å². The molecule has 3 aromatic rings. The predicted octanol–water partition coefficient (Wildman–Crippen LogP) is 1.80. The van der Waals surface area contributed by atoms with Gasteiger partial charge in [0.15, 0.2) is 0 Å². The standard InChI is InChI=1S/C19H20N2O4/c22-11-16(20-10-9-12-1-3-13(23)4-2-12)14-5-7-17(24)19-15(14)6-8-18(25)21-19/h1-8,16,20,22-24H,9-11H2,(H,21,25)/t16-/m0/s1. The number of fused-ring (bicyclic) bond motifs is 1. The molecule has 1 heterocycles. The second-order valence-electron chi connectivity index (χ2n) is 5.89. The van der Waals surface area contributed by atoms with E-state index < -0.39 is 0 Å². The van der Waals surface area contributed by atoms with Crippen LogP contribution in [0.3, 0.4) is 0 Å². The molecule has 0 spiro atoms. The zero-order valence-electron chi connectivity index (χ0n) is 13.6. The lowest BCUT2D eigenvalue weighted by molar-refractivity contribution is 0.246. The van der Waals surface area contributed by atoms with Crippen LogP contribution in [0.1, 0.15) is 17.2 Å². The van der Waals surface area contributed by atoms with Crippen molar-refractivity contribution >= 4 is 10.9 Å². The third-order valence-electron chi connectivity index (χ3n) is 4.21. The first-order valence-electron chi connectivity index (χ1n) is 8.05. The molecule has 0 aliphatic heterocycles. The predicted molar refractivity (Wildman–Crippen MR) is 95.9 cm³/mol. The van der Waals surface area contributed by atoms with Crippen LogP contribution in [0.2, 0.25) is 0 Å². The van der Waals surface area contributed by atoms with Crippen LogP contribution in [0.5, 0.6) is 11.5 Å². The topological polar surface area (TPSA) is 106 Å². The van der Waals surface area contributed by atoms with Gasteiger partial charge >= 0.3 is 0 Å². The summed E-state index contributed by atoms with van der Waals surface area (Å²) >= 11 is 0. The van der Waals surface area contributed by atoms with Gasteiger partial charge in [0.25, 0.3) is 0 Å². The first kappa shape index (κ1) is 17.0. The van der Waals surface area contributed by atoms with Crippen molar-refractivity contribution < 1.29 is 15.3 Å². The van der Waals surface area contributed by atoms with E-state index in [4.69, 9.17) is 0 Å². The number of hydrogen-bond acceptors (Lipinski definition) is 5. The van der Waals surface area contributed by atoms with E-state index in [2.05, 4.69) is 10.3 Å². The molecular weight excluding hydrogens is 320 g/mol. The smallest absolute Gasteiger partial charge is 0.248 e. The lowest BCUT2D eigenvalue weighted by Gasteiger charge is -2.19. The Morgan fingerprint density at radius 3 is 2.48 bits per heavy atom. The quantitative estimate of drug-likeness (QED) is 0.471. The van der Waals surface area contributed by atoms with E-state index in [9.17, 15) is 20.1 Å². The maximum absolute atomic E-state index is 11.5. The van der Waals surface area contributed by atoms with Crippen molar-refractivity contribution in [2.75, 3.05) is 13.2 Å². The molecule has 0 unspecified atom stereocenters. The number of aromatic amines is 1. The first-order chi connectivity index (χ1) is 12.1. The summed E-state index contributed by atoms with van der Waals surface area (Å²) in [6, 6.07) is 13.0. The Labute approximate surface area is 144 Å². The second kappa shape index (κ2) is 7.38. The Kier molecular flexibility index (Phi) is 5.02. The lowest BCUT2D eigenvalue weighted by atomic mass is 10.0. The molecule has 6 nitrogen and oxygen atoms in total. The molecular formula is C19H20N2O4. The number of phenolic OH excluding ortho intramolecular Hbond substituents is 2. The van der Waals surface area contributed by atoms with Crippen molar-refractivity contribution in [2.45, 2.75) is 12.5 Å². The summed E-state index contributed by atoms with van der Waals surface area (Å²) in [6.07, 6.45) is 0.740. The summed E-state index contributed by atoms with van der Waals surface area (Å²) in [7, 11) is 0. The maximum Gasteiger partial charge on any atom is 0.248 e. The van der Waals surface area contributed by atoms with E-state index in [-0.39, 0.29) is 29.7 Å². The van der Waals surface area contributed by atoms with Crippen LogP contribution in [0, 0.1) is 0 Å². The molecule has 2 aromatic carbocycles. The van der Waals surface area contributed by atoms with E-state index >= 15 is 0 Å². The normalized spacial score (nSPS) is 12.4. The van der Waals surface area contributed by atoms with Crippen molar-refractivity contribution in [3.63, 3.8) is 0 Å². The summed E-state index contributed by atoms with van der Waals surface area (Å²) in [4.78, 5) is 14.1. The molecule has 0 bridgehead atoms. The first-order valence-corrected chi connectivity index (χ1v) is 8.05. The highest BCUT2D eigenvalue weighted by Gasteiger charge is 2.15. The molecule has 0 saturated carbocycles. The molecule has 1 atom stereocenters. The molecule has 0 radical (unpaired) electrons. The largest absolute Gasteiger partial charge is 0.508 e. The highest BCUT2D eigenvalue weighted by Crippen LogP contribution is 2.28. The van der Waals surface area contributed by atoms with Crippen LogP contribution in [0.25, 0.3) is 10.9 Å². The highest BCUT2D eigenvalue weighted by molar-refractivity contribution is 5.87. The van der Waals surface area contributed by atoms with Crippen LogP contribution in [0.4, 0.5) is 0 Å². The monoisotopic (exact) mass is 340 g/mol. The van der Waals surface area contributed by atoms with Crippen LogP contribution < -0.4 is 10.9 Å². The number of aromatic nitrogens is 1. The van der Waals surface area contributed by atoms with E-state index in [0.717, 1.165) is 17.5 Å². The highest BCUT2D eigenvalue weighted by atomic mass is 16.3. The summed E-state index contributed by atoms with van der Waals surface area (Å²) in [5.41, 5.74) is 1.95. The van der Waals surface area contributed by atoms with Crippen molar-refractivity contribution in [1.82, 2.24) is 10.3 Å².